The quantitative estimate of drug-likeness (QED) is 0.0146. The number of hydrogen-bond donors (Lipinski definition) is 4. The Morgan fingerprint density at radius 3 is 0.651 bits per heavy atom. The van der Waals surface area contributed by atoms with E-state index in [2.05, 4.69) is 191 Å². The highest BCUT2D eigenvalue weighted by Gasteiger charge is 2.30. The van der Waals surface area contributed by atoms with Crippen molar-refractivity contribution in [3.05, 3.63) is 170 Å². The topological polar surface area (TPSA) is 231 Å². The van der Waals surface area contributed by atoms with Crippen molar-refractivity contribution in [1.29, 1.82) is 0 Å². The molecule has 0 aromatic heterocycles. The summed E-state index contributed by atoms with van der Waals surface area (Å²) in [5, 5.41) is 20.8. The van der Waals surface area contributed by atoms with Crippen molar-refractivity contribution < 1.29 is 75.8 Å². The van der Waals surface area contributed by atoms with Gasteiger partial charge < -0.3 is 34.2 Å². The lowest BCUT2D eigenvalue weighted by molar-refractivity contribution is -0.161. The van der Waals surface area contributed by atoms with Crippen molar-refractivity contribution >= 4 is 33.6 Å². The van der Waals surface area contributed by atoms with E-state index < -0.39 is 91.5 Å². The lowest BCUT2D eigenvalue weighted by Gasteiger charge is -2.21. The van der Waals surface area contributed by atoms with Gasteiger partial charge in [0.2, 0.25) is 0 Å². The highest BCUT2D eigenvalue weighted by Crippen LogP contribution is 2.45. The van der Waals surface area contributed by atoms with Gasteiger partial charge in [0.15, 0.2) is 6.10 Å². The maximum Gasteiger partial charge on any atom is 0.472 e. The fraction of sp³-hybridized carbons (Fsp3) is 0.721. The lowest BCUT2D eigenvalue weighted by Crippen LogP contribution is -2.30. The van der Waals surface area contributed by atoms with Crippen molar-refractivity contribution in [2.24, 2.45) is 0 Å². The van der Waals surface area contributed by atoms with Crippen LogP contribution in [0.2, 0.25) is 0 Å². The number of ether oxygens (including phenoxy) is 3. The zero-order valence-corrected chi connectivity index (χ0v) is 84.1. The molecule has 0 saturated carbocycles. The van der Waals surface area contributed by atoms with Gasteiger partial charge in [-0.1, -0.05) is 448 Å². The molecule has 129 heavy (non-hydrogen) atoms. The largest absolute Gasteiger partial charge is 0.472 e. The molecule has 0 bridgehead atoms. The molecule has 0 aliphatic rings. The van der Waals surface area contributed by atoms with Crippen LogP contribution in [-0.4, -0.2) is 95.9 Å². The number of aliphatic hydroxyl groups excluding tert-OH is 2. The molecular weight excluding hydrogens is 1650 g/mol. The summed E-state index contributed by atoms with van der Waals surface area (Å²) in [6.45, 7) is 2.59. The minimum atomic E-state index is -4.95. The Morgan fingerprint density at radius 1 is 0.225 bits per heavy atom. The third-order valence-electron chi connectivity index (χ3n) is 22.4. The SMILES string of the molecule is CC/C=C\C/C=C\C/C=C\C/C=C\C/C=C\C/C=C\CCCCCCCCCCCCCCCCCCC(=O)OCC(O)COP(=O)(O)OCC(O)COP(=O)(O)OCC(COC(=O)CCCCCCCCCCCCCCCCC/C=C\C/C=C\C/C=C\C/C=C\CCCCC)OC(=O)CCCCCCCCCCCCC/C=C\C/C=C\C/C=C\C/C=C\CCCCC. The molecule has 0 rings (SSSR count). The van der Waals surface area contributed by atoms with Gasteiger partial charge in [-0.25, -0.2) is 9.13 Å². The molecule has 0 spiro atoms. The van der Waals surface area contributed by atoms with Crippen molar-refractivity contribution in [2.75, 3.05) is 39.6 Å². The van der Waals surface area contributed by atoms with Crippen molar-refractivity contribution in [1.82, 2.24) is 0 Å². The van der Waals surface area contributed by atoms with Crippen LogP contribution in [0.15, 0.2) is 170 Å². The second-order valence-electron chi connectivity index (χ2n) is 35.0. The number of esters is 3. The molecule has 0 aromatic carbocycles. The molecule has 18 heteroatoms. The first-order valence-electron chi connectivity index (χ1n) is 52.4. The van der Waals surface area contributed by atoms with E-state index in [1.54, 1.807) is 0 Å². The molecule has 0 amide bonds. The van der Waals surface area contributed by atoms with E-state index >= 15 is 0 Å². The van der Waals surface area contributed by atoms with E-state index in [0.717, 1.165) is 148 Å². The average molecular weight is 1840 g/mol. The number of hydrogen-bond acceptors (Lipinski definition) is 14. The van der Waals surface area contributed by atoms with Gasteiger partial charge in [0, 0.05) is 19.3 Å². The first-order chi connectivity index (χ1) is 63.2. The molecule has 0 aliphatic heterocycles. The summed E-state index contributed by atoms with van der Waals surface area (Å²) in [5.74, 6) is -1.56. The number of carbonyl (C=O) groups excluding carboxylic acids is 3. The van der Waals surface area contributed by atoms with Gasteiger partial charge in [-0.05, 0) is 161 Å². The highest BCUT2D eigenvalue weighted by atomic mass is 31.2. The van der Waals surface area contributed by atoms with Crippen LogP contribution in [0.25, 0.3) is 0 Å². The van der Waals surface area contributed by atoms with Gasteiger partial charge in [-0.3, -0.25) is 32.5 Å². The van der Waals surface area contributed by atoms with Crippen LogP contribution in [0.5, 0.6) is 0 Å². The second-order valence-corrected chi connectivity index (χ2v) is 37.9. The summed E-state index contributed by atoms with van der Waals surface area (Å²) in [6.07, 6.45) is 134. The maximum atomic E-state index is 13.1. The zero-order chi connectivity index (χ0) is 93.5. The van der Waals surface area contributed by atoms with Gasteiger partial charge in [-0.2, -0.15) is 0 Å². The summed E-state index contributed by atoms with van der Waals surface area (Å²) in [7, 11) is -9.82. The first-order valence-corrected chi connectivity index (χ1v) is 55.4. The van der Waals surface area contributed by atoms with E-state index in [-0.39, 0.29) is 19.3 Å². The van der Waals surface area contributed by atoms with Crippen LogP contribution in [-0.2, 0) is 55.8 Å². The number of unbranched alkanes of at least 4 members (excludes halogenated alkanes) is 48. The van der Waals surface area contributed by atoms with Crippen LogP contribution in [0.3, 0.4) is 0 Å². The van der Waals surface area contributed by atoms with Gasteiger partial charge in [0.1, 0.15) is 25.4 Å². The van der Waals surface area contributed by atoms with E-state index in [1.807, 2.05) is 0 Å². The summed E-state index contributed by atoms with van der Waals surface area (Å²) < 4.78 is 61.7. The fourth-order valence-electron chi connectivity index (χ4n) is 14.5. The monoisotopic (exact) mass is 1840 g/mol. The smallest absolute Gasteiger partial charge is 0.463 e. The van der Waals surface area contributed by atoms with Crippen molar-refractivity contribution in [3.63, 3.8) is 0 Å². The molecule has 0 radical (unpaired) electrons. The third kappa shape index (κ3) is 103. The Morgan fingerprint density at radius 2 is 0.411 bits per heavy atom. The molecule has 0 fully saturated rings. The van der Waals surface area contributed by atoms with Gasteiger partial charge in [-0.15, -0.1) is 0 Å². The second kappa shape index (κ2) is 102. The number of allylic oxidation sites excluding steroid dienone is 28. The van der Waals surface area contributed by atoms with Crippen LogP contribution in [0, 0.1) is 0 Å². The predicted octanol–water partition coefficient (Wildman–Crippen LogP) is 33.3. The summed E-state index contributed by atoms with van der Waals surface area (Å²) in [6, 6.07) is 0. The third-order valence-corrected chi connectivity index (χ3v) is 24.3. The summed E-state index contributed by atoms with van der Waals surface area (Å²) in [4.78, 5) is 59.3. The van der Waals surface area contributed by atoms with Gasteiger partial charge >= 0.3 is 33.6 Å². The van der Waals surface area contributed by atoms with Crippen LogP contribution in [0.1, 0.15) is 457 Å². The minimum Gasteiger partial charge on any atom is -0.463 e. The van der Waals surface area contributed by atoms with Crippen LogP contribution in [0.4, 0.5) is 0 Å². The summed E-state index contributed by atoms with van der Waals surface area (Å²) in [5.41, 5.74) is 0. The standard InChI is InChI=1S/C111H192O16P2/c1-4-7-10-13-16-19-22-25-28-31-34-37-40-43-46-48-50-51-52-53-55-57-59-61-64-67-70-73-76-79-82-85-88-91-94-97-109(114)121-100-106(112)101-123-128(117,118)124-102-107(113)103-125-129(119,120)126-105-108(127-111(116)99-96-93-90-87-84-81-78-75-72-69-66-63-58-45-42-39-36-33-30-27-24-21-18-15-12-9-6-3)104-122-110(115)98-95-92-89-86-83-80-77-74-71-68-65-62-60-56-54-49-47-44-41-38-35-32-29-26-23-20-17-14-11-8-5-2/h7,10,16-21,25-30,34-39,43-47,50-51,58,106-108,112-113H,4-6,8-9,11-15,22-24,31-33,40-42,48-49,52-57,59-105H2,1-3H3,(H,117,118)(H,119,120)/b10-7-,19-16-,20-17-,21-18-,28-25-,29-26-,30-27-,37-34-,38-35-,39-36-,46-43-,47-44-,51-50-,58-45-. The number of phosphoric ester groups is 2. The van der Waals surface area contributed by atoms with E-state index in [4.69, 9.17) is 32.3 Å². The molecule has 16 nitrogen and oxygen atoms in total. The van der Waals surface area contributed by atoms with Gasteiger partial charge in [0.05, 0.1) is 26.4 Å². The molecule has 0 aromatic rings. The average Bonchev–Trinajstić information content (AvgIpc) is 0.899. The molecular formula is C111H192O16P2. The van der Waals surface area contributed by atoms with Crippen LogP contribution >= 0.6 is 15.6 Å². The van der Waals surface area contributed by atoms with Gasteiger partial charge in [0.25, 0.3) is 0 Å². The number of carbonyl (C=O) groups is 3. The van der Waals surface area contributed by atoms with Crippen LogP contribution < -0.4 is 0 Å². The lowest BCUT2D eigenvalue weighted by atomic mass is 10.0. The van der Waals surface area contributed by atoms with E-state index in [9.17, 15) is 43.5 Å². The molecule has 742 valence electrons. The zero-order valence-electron chi connectivity index (χ0n) is 82.3. The normalized spacial score (nSPS) is 14.3. The Balaban J connectivity index is 4.59. The minimum absolute atomic E-state index is 0.0989. The fourth-order valence-corrected chi connectivity index (χ4v) is 16.1. The predicted molar refractivity (Wildman–Crippen MR) is 546 cm³/mol. The molecule has 0 heterocycles. The Bertz CT molecular complexity index is 3030. The molecule has 0 saturated heterocycles. The number of rotatable bonds is 99. The number of aliphatic hydroxyl groups is 2. The Kier molecular flexibility index (Phi) is 97.8. The Labute approximate surface area is 790 Å². The van der Waals surface area contributed by atoms with Crippen molar-refractivity contribution in [3.8, 4) is 0 Å². The highest BCUT2D eigenvalue weighted by molar-refractivity contribution is 7.47. The first kappa shape index (κ1) is 124. The van der Waals surface area contributed by atoms with E-state index in [0.29, 0.717) is 19.3 Å². The molecule has 5 unspecified atom stereocenters. The molecule has 5 atom stereocenters. The van der Waals surface area contributed by atoms with Crippen molar-refractivity contribution in [2.45, 2.75) is 476 Å². The summed E-state index contributed by atoms with van der Waals surface area (Å²) >= 11 is 0. The molecule has 0 aliphatic carbocycles. The maximum absolute atomic E-state index is 13.1. The number of phosphoric acid groups is 2. The Hall–Kier alpha value is -5.09. The molecule has 4 N–H and O–H groups in total. The van der Waals surface area contributed by atoms with E-state index in [1.165, 1.54) is 250 Å².